The van der Waals surface area contributed by atoms with Gasteiger partial charge < -0.3 is 4.74 Å². The molecule has 0 spiro atoms. The molecule has 0 aliphatic carbocycles. The van der Waals surface area contributed by atoms with Crippen molar-refractivity contribution in [2.75, 3.05) is 5.32 Å². The summed E-state index contributed by atoms with van der Waals surface area (Å²) in [5, 5.41) is 9.53. The highest BCUT2D eigenvalue weighted by Crippen LogP contribution is 2.25. The number of anilines is 1. The van der Waals surface area contributed by atoms with Gasteiger partial charge in [0.1, 0.15) is 5.75 Å². The van der Waals surface area contributed by atoms with Gasteiger partial charge in [0.05, 0.1) is 5.02 Å². The van der Waals surface area contributed by atoms with Crippen LogP contribution in [-0.2, 0) is 4.79 Å². The minimum atomic E-state index is -1.06. The van der Waals surface area contributed by atoms with Gasteiger partial charge >= 0.3 is 0 Å². The summed E-state index contributed by atoms with van der Waals surface area (Å²) in [6.07, 6.45) is -0.984. The first-order valence-electron chi connectivity index (χ1n) is 7.54. The lowest BCUT2D eigenvalue weighted by Gasteiger charge is -2.13. The molecular weight excluding hydrogens is 366 g/mol. The Kier molecular flexibility index (Phi) is 5.13. The number of H-pyrrole nitrogens is 1. The molecule has 0 fully saturated rings. The quantitative estimate of drug-likeness (QED) is 0.707. The predicted molar refractivity (Wildman–Crippen MR) is 91.9 cm³/mol. The Morgan fingerprint density at radius 2 is 2.00 bits per heavy atom. The fourth-order valence-electron chi connectivity index (χ4n) is 2.11. The maximum atomic E-state index is 13.2. The minimum absolute atomic E-state index is 0.0262. The van der Waals surface area contributed by atoms with Crippen molar-refractivity contribution in [3.8, 4) is 17.1 Å². The highest BCUT2D eigenvalue weighted by atomic mass is 35.5. The lowest BCUT2D eigenvalue weighted by Crippen LogP contribution is -2.30. The highest BCUT2D eigenvalue weighted by Gasteiger charge is 2.18. The average Bonchev–Trinajstić information content (AvgIpc) is 3.06. The first kappa shape index (κ1) is 17.8. The van der Waals surface area contributed by atoms with Gasteiger partial charge in [0.15, 0.2) is 23.6 Å². The number of nitrogens with zero attached hydrogens (tertiary/aromatic N) is 2. The van der Waals surface area contributed by atoms with Crippen LogP contribution >= 0.6 is 11.6 Å². The van der Waals surface area contributed by atoms with Crippen LogP contribution in [-0.4, -0.2) is 27.2 Å². The summed E-state index contributed by atoms with van der Waals surface area (Å²) in [5.74, 6) is -2.17. The minimum Gasteiger partial charge on any atom is -0.481 e. The molecule has 1 amide bonds. The van der Waals surface area contributed by atoms with Gasteiger partial charge in [0, 0.05) is 11.6 Å². The van der Waals surface area contributed by atoms with Crippen LogP contribution in [0.5, 0.6) is 5.75 Å². The normalized spacial score (nSPS) is 11.8. The SMILES string of the molecule is CC(Oc1ccc(F)c(F)c1)C(=O)Nc1n[nH]c(-c2ccccc2Cl)n1. The van der Waals surface area contributed by atoms with E-state index in [9.17, 15) is 13.6 Å². The zero-order valence-electron chi connectivity index (χ0n) is 13.5. The second-order valence-electron chi connectivity index (χ2n) is 5.31. The molecule has 6 nitrogen and oxygen atoms in total. The van der Waals surface area contributed by atoms with E-state index in [-0.39, 0.29) is 11.7 Å². The number of hydrogen-bond acceptors (Lipinski definition) is 4. The molecule has 2 N–H and O–H groups in total. The molecule has 3 aromatic rings. The Hall–Kier alpha value is -3.00. The Morgan fingerprint density at radius 3 is 2.73 bits per heavy atom. The van der Waals surface area contributed by atoms with E-state index in [0.717, 1.165) is 12.1 Å². The largest absolute Gasteiger partial charge is 0.481 e. The molecule has 1 heterocycles. The second kappa shape index (κ2) is 7.49. The molecule has 0 saturated heterocycles. The molecule has 2 aromatic carbocycles. The van der Waals surface area contributed by atoms with Gasteiger partial charge in [-0.05, 0) is 31.2 Å². The van der Waals surface area contributed by atoms with E-state index in [1.165, 1.54) is 13.0 Å². The number of carbonyl (C=O) groups excluding carboxylic acids is 1. The zero-order valence-corrected chi connectivity index (χ0v) is 14.2. The Labute approximate surface area is 152 Å². The van der Waals surface area contributed by atoms with Gasteiger partial charge in [-0.15, -0.1) is 5.10 Å². The van der Waals surface area contributed by atoms with Gasteiger partial charge in [-0.1, -0.05) is 23.7 Å². The van der Waals surface area contributed by atoms with Gasteiger partial charge in [0.25, 0.3) is 5.91 Å². The van der Waals surface area contributed by atoms with Crippen LogP contribution in [0.3, 0.4) is 0 Å². The van der Waals surface area contributed by atoms with Crippen molar-refractivity contribution in [3.63, 3.8) is 0 Å². The number of carbonyl (C=O) groups is 1. The summed E-state index contributed by atoms with van der Waals surface area (Å²) in [5.41, 5.74) is 0.633. The first-order valence-corrected chi connectivity index (χ1v) is 7.91. The third-order valence-electron chi connectivity index (χ3n) is 3.42. The molecule has 3 rings (SSSR count). The van der Waals surface area contributed by atoms with Crippen molar-refractivity contribution in [2.45, 2.75) is 13.0 Å². The van der Waals surface area contributed by atoms with Crippen molar-refractivity contribution in [1.82, 2.24) is 15.2 Å². The van der Waals surface area contributed by atoms with Crippen LogP contribution in [0.25, 0.3) is 11.4 Å². The van der Waals surface area contributed by atoms with Crippen molar-refractivity contribution < 1.29 is 18.3 Å². The van der Waals surface area contributed by atoms with Crippen LogP contribution in [0, 0.1) is 11.6 Å². The molecule has 0 saturated carbocycles. The Balaban J connectivity index is 1.66. The lowest BCUT2D eigenvalue weighted by atomic mass is 10.2. The van der Waals surface area contributed by atoms with E-state index in [1.54, 1.807) is 24.3 Å². The number of amides is 1. The molecule has 1 unspecified atom stereocenters. The lowest BCUT2D eigenvalue weighted by molar-refractivity contribution is -0.122. The third kappa shape index (κ3) is 3.97. The van der Waals surface area contributed by atoms with Gasteiger partial charge in [-0.2, -0.15) is 4.98 Å². The number of ether oxygens (including phenoxy) is 1. The fraction of sp³-hybridized carbons (Fsp3) is 0.118. The number of nitrogens with one attached hydrogen (secondary N) is 2. The van der Waals surface area contributed by atoms with E-state index in [4.69, 9.17) is 16.3 Å². The van der Waals surface area contributed by atoms with E-state index in [0.29, 0.717) is 16.4 Å². The number of aromatic amines is 1. The van der Waals surface area contributed by atoms with Crippen molar-refractivity contribution in [1.29, 1.82) is 0 Å². The third-order valence-corrected chi connectivity index (χ3v) is 3.75. The van der Waals surface area contributed by atoms with E-state index in [2.05, 4.69) is 20.5 Å². The first-order chi connectivity index (χ1) is 12.4. The molecule has 0 aliphatic heterocycles. The van der Waals surface area contributed by atoms with Crippen LogP contribution in [0.4, 0.5) is 14.7 Å². The standard InChI is InChI=1S/C17H13ClF2N4O2/c1-9(26-10-6-7-13(19)14(20)8-10)16(25)22-17-21-15(23-24-17)11-4-2-3-5-12(11)18/h2-9H,1H3,(H2,21,22,23,24,25). The van der Waals surface area contributed by atoms with Crippen LogP contribution in [0.2, 0.25) is 5.02 Å². The molecule has 0 aliphatic rings. The van der Waals surface area contributed by atoms with E-state index >= 15 is 0 Å². The Morgan fingerprint density at radius 1 is 1.23 bits per heavy atom. The highest BCUT2D eigenvalue weighted by molar-refractivity contribution is 6.33. The maximum Gasteiger partial charge on any atom is 0.267 e. The van der Waals surface area contributed by atoms with Crippen LogP contribution in [0.15, 0.2) is 42.5 Å². The molecular formula is C17H13ClF2N4O2. The van der Waals surface area contributed by atoms with Crippen molar-refractivity contribution in [3.05, 3.63) is 59.1 Å². The molecule has 134 valence electrons. The maximum absolute atomic E-state index is 13.2. The molecule has 0 bridgehead atoms. The average molecular weight is 379 g/mol. The van der Waals surface area contributed by atoms with Crippen LogP contribution < -0.4 is 10.1 Å². The molecule has 1 aromatic heterocycles. The monoisotopic (exact) mass is 378 g/mol. The summed E-state index contributed by atoms with van der Waals surface area (Å²) in [6, 6.07) is 10.0. The van der Waals surface area contributed by atoms with Crippen molar-refractivity contribution in [2.24, 2.45) is 0 Å². The second-order valence-corrected chi connectivity index (χ2v) is 5.72. The summed E-state index contributed by atoms with van der Waals surface area (Å²) >= 11 is 6.09. The zero-order chi connectivity index (χ0) is 18.7. The van der Waals surface area contributed by atoms with E-state index in [1.807, 2.05) is 0 Å². The molecule has 0 radical (unpaired) electrons. The summed E-state index contributed by atoms with van der Waals surface area (Å²) in [7, 11) is 0. The molecule has 26 heavy (non-hydrogen) atoms. The number of aromatic nitrogens is 3. The summed E-state index contributed by atoms with van der Waals surface area (Å²) < 4.78 is 31.4. The number of rotatable bonds is 5. The Bertz CT molecular complexity index is 948. The van der Waals surface area contributed by atoms with E-state index < -0.39 is 23.6 Å². The predicted octanol–water partition coefficient (Wildman–Crippen LogP) is 3.81. The summed E-state index contributed by atoms with van der Waals surface area (Å²) in [4.78, 5) is 16.3. The smallest absolute Gasteiger partial charge is 0.267 e. The molecule has 1 atom stereocenters. The summed E-state index contributed by atoms with van der Waals surface area (Å²) in [6.45, 7) is 1.46. The van der Waals surface area contributed by atoms with Crippen LogP contribution in [0.1, 0.15) is 6.92 Å². The number of hydrogen-bond donors (Lipinski definition) is 2. The van der Waals surface area contributed by atoms with Gasteiger partial charge in [-0.3, -0.25) is 15.2 Å². The van der Waals surface area contributed by atoms with Gasteiger partial charge in [0.2, 0.25) is 5.95 Å². The fourth-order valence-corrected chi connectivity index (χ4v) is 2.34. The topological polar surface area (TPSA) is 79.9 Å². The number of benzene rings is 2. The number of halogens is 3. The molecule has 9 heteroatoms. The van der Waals surface area contributed by atoms with Gasteiger partial charge in [-0.25, -0.2) is 8.78 Å². The van der Waals surface area contributed by atoms with Crippen molar-refractivity contribution >= 4 is 23.5 Å².